The molecule has 160 valence electrons. The van der Waals surface area contributed by atoms with Crippen LogP contribution in [0.2, 0.25) is 0 Å². The van der Waals surface area contributed by atoms with Gasteiger partial charge in [-0.3, -0.25) is 14.5 Å². The Morgan fingerprint density at radius 2 is 1.50 bits per heavy atom. The Balaban J connectivity index is 1.47. The van der Waals surface area contributed by atoms with Crippen molar-refractivity contribution in [3.63, 3.8) is 0 Å². The molecular formula is C24H31N3O3. The molecule has 2 amide bonds. The highest BCUT2D eigenvalue weighted by molar-refractivity contribution is 5.94. The molecule has 2 aromatic rings. The zero-order valence-electron chi connectivity index (χ0n) is 17.9. The summed E-state index contributed by atoms with van der Waals surface area (Å²) >= 11 is 0. The Kier molecular flexibility index (Phi) is 7.46. The number of carbonyl (C=O) groups is 2. The largest absolute Gasteiger partial charge is 0.457 e. The maximum Gasteiger partial charge on any atom is 0.241 e. The van der Waals surface area contributed by atoms with Gasteiger partial charge in [0.05, 0.1) is 6.04 Å². The van der Waals surface area contributed by atoms with Gasteiger partial charge in [-0.05, 0) is 56.2 Å². The van der Waals surface area contributed by atoms with Gasteiger partial charge in [-0.15, -0.1) is 0 Å². The van der Waals surface area contributed by atoms with Gasteiger partial charge in [-0.25, -0.2) is 0 Å². The van der Waals surface area contributed by atoms with E-state index in [0.717, 1.165) is 43.1 Å². The zero-order valence-corrected chi connectivity index (χ0v) is 17.9. The van der Waals surface area contributed by atoms with Crippen molar-refractivity contribution in [1.82, 2.24) is 10.2 Å². The van der Waals surface area contributed by atoms with Gasteiger partial charge < -0.3 is 15.4 Å². The number of hydrogen-bond acceptors (Lipinski definition) is 4. The highest BCUT2D eigenvalue weighted by Gasteiger charge is 2.27. The van der Waals surface area contributed by atoms with E-state index < -0.39 is 0 Å². The van der Waals surface area contributed by atoms with E-state index in [2.05, 4.69) is 15.5 Å². The van der Waals surface area contributed by atoms with E-state index in [4.69, 9.17) is 4.74 Å². The summed E-state index contributed by atoms with van der Waals surface area (Å²) in [5.41, 5.74) is 0.742. The van der Waals surface area contributed by atoms with E-state index in [9.17, 15) is 9.59 Å². The third-order valence-electron chi connectivity index (χ3n) is 5.43. The monoisotopic (exact) mass is 409 g/mol. The molecule has 6 heteroatoms. The smallest absolute Gasteiger partial charge is 0.241 e. The summed E-state index contributed by atoms with van der Waals surface area (Å²) in [5.74, 6) is 1.56. The fourth-order valence-electron chi connectivity index (χ4n) is 3.44. The van der Waals surface area contributed by atoms with Crippen molar-refractivity contribution in [1.29, 1.82) is 0 Å². The van der Waals surface area contributed by atoms with Crippen LogP contribution in [0.15, 0.2) is 54.6 Å². The van der Waals surface area contributed by atoms with E-state index in [1.54, 1.807) is 0 Å². The summed E-state index contributed by atoms with van der Waals surface area (Å²) < 4.78 is 5.78. The third-order valence-corrected chi connectivity index (χ3v) is 5.43. The van der Waals surface area contributed by atoms with Crippen molar-refractivity contribution >= 4 is 17.5 Å². The third kappa shape index (κ3) is 6.07. The molecule has 30 heavy (non-hydrogen) atoms. The Morgan fingerprint density at radius 1 is 0.900 bits per heavy atom. The number of benzene rings is 2. The second-order valence-corrected chi connectivity index (χ2v) is 8.08. The van der Waals surface area contributed by atoms with E-state index >= 15 is 0 Å². The summed E-state index contributed by atoms with van der Waals surface area (Å²) in [6.45, 7) is 7.31. The fourth-order valence-corrected chi connectivity index (χ4v) is 3.44. The molecule has 1 saturated heterocycles. The molecule has 3 rings (SSSR count). The Labute approximate surface area is 178 Å². The molecule has 1 atom stereocenters. The molecule has 1 heterocycles. The first kappa shape index (κ1) is 21.8. The lowest BCUT2D eigenvalue weighted by Crippen LogP contribution is -2.50. The predicted molar refractivity (Wildman–Crippen MR) is 119 cm³/mol. The molecule has 1 unspecified atom stereocenters. The van der Waals surface area contributed by atoms with Crippen LogP contribution >= 0.6 is 0 Å². The van der Waals surface area contributed by atoms with Gasteiger partial charge in [-0.2, -0.15) is 0 Å². The zero-order chi connectivity index (χ0) is 21.5. The minimum absolute atomic E-state index is 0.00258. The number of hydrogen-bond donors (Lipinski definition) is 2. The van der Waals surface area contributed by atoms with Gasteiger partial charge >= 0.3 is 0 Å². The summed E-state index contributed by atoms with van der Waals surface area (Å²) in [5, 5.41) is 6.07. The number of carbonyl (C=O) groups excluding carboxylic acids is 2. The first-order valence-electron chi connectivity index (χ1n) is 10.6. The molecule has 0 aromatic heterocycles. The van der Waals surface area contributed by atoms with Gasteiger partial charge in [-0.1, -0.05) is 32.0 Å². The number of para-hydroxylation sites is 1. The van der Waals surface area contributed by atoms with Crippen LogP contribution in [0.25, 0.3) is 0 Å². The number of nitrogens with one attached hydrogen (secondary N) is 2. The van der Waals surface area contributed by atoms with Gasteiger partial charge in [0.1, 0.15) is 11.5 Å². The van der Waals surface area contributed by atoms with Gasteiger partial charge in [0.2, 0.25) is 11.8 Å². The highest BCUT2D eigenvalue weighted by Crippen LogP contribution is 2.23. The van der Waals surface area contributed by atoms with E-state index in [1.165, 1.54) is 0 Å². The lowest BCUT2D eigenvalue weighted by molar-refractivity contribution is -0.126. The van der Waals surface area contributed by atoms with Crippen molar-refractivity contribution in [2.75, 3.05) is 18.4 Å². The van der Waals surface area contributed by atoms with Gasteiger partial charge in [0.25, 0.3) is 0 Å². The second kappa shape index (κ2) is 10.3. The van der Waals surface area contributed by atoms with Crippen LogP contribution in [0.1, 0.15) is 33.6 Å². The number of ether oxygens (including phenoxy) is 1. The topological polar surface area (TPSA) is 70.7 Å². The fraction of sp³-hybridized carbons (Fsp3) is 0.417. The van der Waals surface area contributed by atoms with Crippen LogP contribution < -0.4 is 15.4 Å². The Morgan fingerprint density at radius 3 is 2.10 bits per heavy atom. The predicted octanol–water partition coefficient (Wildman–Crippen LogP) is 4.04. The Bertz CT molecular complexity index is 829. The van der Waals surface area contributed by atoms with Crippen LogP contribution in [0.4, 0.5) is 5.69 Å². The second-order valence-electron chi connectivity index (χ2n) is 8.08. The molecule has 0 aliphatic carbocycles. The molecule has 0 spiro atoms. The lowest BCUT2D eigenvalue weighted by atomic mass is 10.0. The van der Waals surface area contributed by atoms with Crippen LogP contribution in [0, 0.1) is 5.92 Å². The summed E-state index contributed by atoms with van der Waals surface area (Å²) in [4.78, 5) is 26.7. The first-order chi connectivity index (χ1) is 14.4. The average molecular weight is 410 g/mol. The molecule has 2 aromatic carbocycles. The Hall–Kier alpha value is -2.86. The molecule has 0 radical (unpaired) electrons. The normalized spacial score (nSPS) is 16.1. The molecule has 0 saturated carbocycles. The van der Waals surface area contributed by atoms with Crippen molar-refractivity contribution in [2.45, 2.75) is 45.7 Å². The van der Waals surface area contributed by atoms with Crippen LogP contribution in [-0.4, -0.2) is 41.9 Å². The number of amides is 2. The number of nitrogens with zero attached hydrogens (tertiary/aromatic N) is 1. The molecule has 1 fully saturated rings. The highest BCUT2D eigenvalue weighted by atomic mass is 16.5. The van der Waals surface area contributed by atoms with Crippen LogP contribution in [-0.2, 0) is 9.59 Å². The minimum atomic E-state index is -0.230. The maximum atomic E-state index is 12.7. The van der Waals surface area contributed by atoms with E-state index in [0.29, 0.717) is 0 Å². The average Bonchev–Trinajstić information content (AvgIpc) is 2.75. The first-order valence-corrected chi connectivity index (χ1v) is 10.6. The standard InChI is InChI=1S/C24H31N3O3/c1-17(2)23(28)25-20-13-15-27(16-14-20)18(3)24(29)26-19-9-11-22(12-10-19)30-21-7-5-4-6-8-21/h4-12,17-18,20H,13-16H2,1-3H3,(H,25,28)(H,26,29). The van der Waals surface area contributed by atoms with Crippen LogP contribution in [0.3, 0.4) is 0 Å². The molecular weight excluding hydrogens is 378 g/mol. The minimum Gasteiger partial charge on any atom is -0.457 e. The van der Waals surface area contributed by atoms with E-state index in [-0.39, 0.29) is 29.8 Å². The summed E-state index contributed by atoms with van der Waals surface area (Å²) in [6.07, 6.45) is 1.73. The molecule has 2 N–H and O–H groups in total. The number of rotatable bonds is 7. The van der Waals surface area contributed by atoms with Crippen molar-refractivity contribution < 1.29 is 14.3 Å². The number of likely N-dealkylation sites (tertiary alicyclic amines) is 1. The quantitative estimate of drug-likeness (QED) is 0.724. The van der Waals surface area contributed by atoms with Gasteiger partial charge in [0.15, 0.2) is 0 Å². The molecule has 0 bridgehead atoms. The molecule has 6 nitrogen and oxygen atoms in total. The molecule has 1 aliphatic rings. The van der Waals surface area contributed by atoms with Gasteiger partial charge in [0, 0.05) is 30.7 Å². The van der Waals surface area contributed by atoms with Crippen molar-refractivity contribution in [3.05, 3.63) is 54.6 Å². The van der Waals surface area contributed by atoms with Crippen molar-refractivity contribution in [3.8, 4) is 11.5 Å². The molecule has 1 aliphatic heterocycles. The lowest BCUT2D eigenvalue weighted by Gasteiger charge is -2.35. The maximum absolute atomic E-state index is 12.7. The van der Waals surface area contributed by atoms with Crippen molar-refractivity contribution in [2.24, 2.45) is 5.92 Å². The number of piperidine rings is 1. The van der Waals surface area contributed by atoms with E-state index in [1.807, 2.05) is 75.4 Å². The summed E-state index contributed by atoms with van der Waals surface area (Å²) in [7, 11) is 0. The van der Waals surface area contributed by atoms with Crippen LogP contribution in [0.5, 0.6) is 11.5 Å². The summed E-state index contributed by atoms with van der Waals surface area (Å²) in [6, 6.07) is 16.9. The number of anilines is 1. The SMILES string of the molecule is CC(C)C(=O)NC1CCN(C(C)C(=O)Nc2ccc(Oc3ccccc3)cc2)CC1.